The molecule has 2 amide bonds. The first kappa shape index (κ1) is 21.1. The van der Waals surface area contributed by atoms with Gasteiger partial charge in [0.05, 0.1) is 22.9 Å². The van der Waals surface area contributed by atoms with Crippen LogP contribution in [0.15, 0.2) is 17.2 Å². The Morgan fingerprint density at radius 1 is 1.42 bits per heavy atom. The Morgan fingerprint density at radius 2 is 2.04 bits per heavy atom. The van der Waals surface area contributed by atoms with Crippen molar-refractivity contribution in [1.82, 2.24) is 5.43 Å². The molecule has 0 spiro atoms. The van der Waals surface area contributed by atoms with Crippen molar-refractivity contribution in [3.63, 3.8) is 0 Å². The van der Waals surface area contributed by atoms with Crippen molar-refractivity contribution < 1.29 is 18.4 Å². The summed E-state index contributed by atoms with van der Waals surface area (Å²) < 4.78 is 23.5. The smallest absolute Gasteiger partial charge is 0.414 e. The van der Waals surface area contributed by atoms with Gasteiger partial charge < -0.3 is 10.3 Å². The number of hydrazone groups is 1. The van der Waals surface area contributed by atoms with Gasteiger partial charge in [-0.2, -0.15) is 5.10 Å². The maximum absolute atomic E-state index is 12.7. The van der Waals surface area contributed by atoms with Crippen molar-refractivity contribution in [2.75, 3.05) is 12.4 Å². The number of hydrogen-bond acceptors (Lipinski definition) is 6. The fraction of sp³-hybridized carbons (Fsp3) is 0.385. The normalized spacial score (nSPS) is 13.7. The van der Waals surface area contributed by atoms with Crippen LogP contribution in [0.25, 0.3) is 0 Å². The van der Waals surface area contributed by atoms with Gasteiger partial charge in [0, 0.05) is 5.75 Å². The average molecular weight is 414 g/mol. The Kier molecular flexibility index (Phi) is 8.94. The fourth-order valence-corrected chi connectivity index (χ4v) is 5.63. The Balaban J connectivity index is 3.01. The van der Waals surface area contributed by atoms with Gasteiger partial charge in [-0.3, -0.25) is 4.52 Å². The highest BCUT2D eigenvalue weighted by atomic mass is 35.5. The van der Waals surface area contributed by atoms with E-state index in [9.17, 15) is 9.36 Å². The Hall–Kier alpha value is -0.920. The molecule has 0 heterocycles. The van der Waals surface area contributed by atoms with Crippen LogP contribution in [0.2, 0.25) is 10.0 Å². The van der Waals surface area contributed by atoms with E-state index in [0.29, 0.717) is 11.3 Å². The van der Waals surface area contributed by atoms with Crippen LogP contribution in [0.4, 0.5) is 4.79 Å². The zero-order valence-electron chi connectivity index (χ0n) is 13.1. The molecule has 1 atom stereocenters. The zero-order chi connectivity index (χ0) is 18.2. The summed E-state index contributed by atoms with van der Waals surface area (Å²) in [6, 6.07) is 2.19. The van der Waals surface area contributed by atoms with Gasteiger partial charge in [-0.1, -0.05) is 30.1 Å². The summed E-state index contributed by atoms with van der Waals surface area (Å²) >= 11 is 13.4. The van der Waals surface area contributed by atoms with Crippen LogP contribution in [0.1, 0.15) is 25.8 Å². The van der Waals surface area contributed by atoms with Crippen LogP contribution in [-0.4, -0.2) is 24.6 Å². The number of carbonyl (C=O) groups excluding carboxylic acids is 1. The molecule has 7 nitrogen and oxygen atoms in total. The molecule has 11 heteroatoms. The monoisotopic (exact) mass is 413 g/mol. The largest absolute Gasteiger partial charge is 0.440 e. The molecular formula is C13H18Cl2N3O4PS. The predicted octanol–water partition coefficient (Wildman–Crippen LogP) is 4.66. The summed E-state index contributed by atoms with van der Waals surface area (Å²) in [5.41, 5.74) is 7.44. The molecule has 0 aromatic heterocycles. The summed E-state index contributed by atoms with van der Waals surface area (Å²) in [5, 5.41) is 3.88. The van der Waals surface area contributed by atoms with Gasteiger partial charge in [0.2, 0.25) is 0 Å². The molecule has 134 valence electrons. The average Bonchev–Trinajstić information content (AvgIpc) is 2.49. The van der Waals surface area contributed by atoms with Crippen LogP contribution >= 0.6 is 41.4 Å². The quantitative estimate of drug-likeness (QED) is 0.348. The zero-order valence-corrected chi connectivity index (χ0v) is 16.3. The number of nitrogens with two attached hydrogens (primary N) is 1. The fourth-order valence-electron chi connectivity index (χ4n) is 1.47. The van der Waals surface area contributed by atoms with Crippen LogP contribution < -0.4 is 15.7 Å². The van der Waals surface area contributed by atoms with Crippen molar-refractivity contribution in [2.45, 2.75) is 20.3 Å². The second kappa shape index (κ2) is 10.2. The summed E-state index contributed by atoms with van der Waals surface area (Å²) in [6.45, 7) is 0.484. The Labute approximate surface area is 154 Å². The summed E-state index contributed by atoms with van der Waals surface area (Å²) in [4.78, 5) is 10.6. The number of hydrogen-bond donors (Lipinski definition) is 2. The lowest BCUT2D eigenvalue weighted by molar-refractivity contribution is 0.249. The molecule has 0 aliphatic carbocycles. The lowest BCUT2D eigenvalue weighted by atomic mass is 10.2. The van der Waals surface area contributed by atoms with E-state index < -0.39 is 12.8 Å². The van der Waals surface area contributed by atoms with Crippen molar-refractivity contribution in [3.8, 4) is 5.75 Å². The predicted molar refractivity (Wildman–Crippen MR) is 99.4 cm³/mol. The summed E-state index contributed by atoms with van der Waals surface area (Å²) in [5.74, 6) is 0.675. The van der Waals surface area contributed by atoms with E-state index in [2.05, 4.69) is 5.10 Å². The number of nitrogens with zero attached hydrogens (tertiary/aromatic N) is 1. The number of urea groups is 1. The second-order valence-electron chi connectivity index (χ2n) is 4.34. The first-order valence-corrected chi connectivity index (χ1v) is 10.9. The van der Waals surface area contributed by atoms with Crippen molar-refractivity contribution in [1.29, 1.82) is 0 Å². The first-order valence-electron chi connectivity index (χ1n) is 6.97. The number of primary amides is 1. The number of carbonyl (C=O) groups is 1. The van der Waals surface area contributed by atoms with Crippen molar-refractivity contribution in [2.24, 2.45) is 10.8 Å². The lowest BCUT2D eigenvalue weighted by Crippen LogP contribution is -2.24. The minimum absolute atomic E-state index is 0.0683. The molecule has 0 fully saturated rings. The van der Waals surface area contributed by atoms with E-state index in [1.54, 1.807) is 6.92 Å². The molecule has 24 heavy (non-hydrogen) atoms. The van der Waals surface area contributed by atoms with Gasteiger partial charge >= 0.3 is 12.8 Å². The molecule has 0 saturated heterocycles. The molecule has 3 N–H and O–H groups in total. The highest BCUT2D eigenvalue weighted by Gasteiger charge is 2.28. The summed E-state index contributed by atoms with van der Waals surface area (Å²) in [6.07, 6.45) is 2.12. The van der Waals surface area contributed by atoms with E-state index in [1.165, 1.54) is 18.3 Å². The minimum Gasteiger partial charge on any atom is -0.414 e. The molecular weight excluding hydrogens is 396 g/mol. The van der Waals surface area contributed by atoms with Gasteiger partial charge in [-0.15, -0.1) is 0 Å². The summed E-state index contributed by atoms with van der Waals surface area (Å²) in [7, 11) is 0. The van der Waals surface area contributed by atoms with Gasteiger partial charge in [-0.05, 0) is 42.4 Å². The minimum atomic E-state index is -3.42. The standard InChI is InChI=1S/C13H18Cl2N3O4PS/c1-3-5-24-23(20,21-4-2)22-12-10(14)6-9(7-11(12)15)8-17-18-13(16)19/h6-8H,3-5H2,1-2H3,(H3,16,18,19). The van der Waals surface area contributed by atoms with Crippen molar-refractivity contribution >= 4 is 53.6 Å². The van der Waals surface area contributed by atoms with E-state index in [0.717, 1.165) is 17.8 Å². The van der Waals surface area contributed by atoms with Gasteiger partial charge in [-0.25, -0.2) is 14.8 Å². The molecule has 1 rings (SSSR count). The van der Waals surface area contributed by atoms with Crippen LogP contribution in [-0.2, 0) is 9.09 Å². The molecule has 1 aromatic carbocycles. The molecule has 1 aromatic rings. The number of halogens is 2. The third kappa shape index (κ3) is 6.91. The third-order valence-corrected chi connectivity index (χ3v) is 6.84. The molecule has 1 unspecified atom stereocenters. The maximum atomic E-state index is 12.7. The van der Waals surface area contributed by atoms with Gasteiger partial charge in [0.15, 0.2) is 5.75 Å². The third-order valence-electron chi connectivity index (χ3n) is 2.35. The lowest BCUT2D eigenvalue weighted by Gasteiger charge is -2.19. The van der Waals surface area contributed by atoms with E-state index >= 15 is 0 Å². The molecule has 0 aliphatic rings. The Morgan fingerprint density at radius 3 is 2.54 bits per heavy atom. The second-order valence-corrected chi connectivity index (χ2v) is 9.27. The number of amides is 2. The first-order chi connectivity index (χ1) is 11.3. The van der Waals surface area contributed by atoms with Crippen LogP contribution in [0, 0.1) is 0 Å². The number of benzene rings is 1. The molecule has 0 saturated carbocycles. The van der Waals surface area contributed by atoms with Gasteiger partial charge in [0.1, 0.15) is 0 Å². The topological polar surface area (TPSA) is 103 Å². The molecule has 0 radical (unpaired) electrons. The van der Waals surface area contributed by atoms with Crippen molar-refractivity contribution in [3.05, 3.63) is 27.7 Å². The number of nitrogens with one attached hydrogen (secondary N) is 1. The van der Waals surface area contributed by atoms with E-state index in [-0.39, 0.29) is 22.4 Å². The van der Waals surface area contributed by atoms with Crippen LogP contribution in [0.5, 0.6) is 5.75 Å². The molecule has 0 bridgehead atoms. The van der Waals surface area contributed by atoms with E-state index in [1.807, 2.05) is 12.3 Å². The number of rotatable bonds is 9. The SMILES string of the molecule is CCCSP(=O)(OCC)Oc1c(Cl)cc(C=NNC(N)=O)cc1Cl. The molecule has 0 aliphatic heterocycles. The highest BCUT2D eigenvalue weighted by Crippen LogP contribution is 2.61. The maximum Gasteiger partial charge on any atom is 0.440 e. The highest BCUT2D eigenvalue weighted by molar-refractivity contribution is 8.55. The van der Waals surface area contributed by atoms with Gasteiger partial charge in [0.25, 0.3) is 0 Å². The van der Waals surface area contributed by atoms with Crippen LogP contribution in [0.3, 0.4) is 0 Å². The van der Waals surface area contributed by atoms with E-state index in [4.69, 9.17) is 38.0 Å². The Bertz CT molecular complexity index is 637.